The van der Waals surface area contributed by atoms with Crippen molar-refractivity contribution in [1.82, 2.24) is 0 Å². The van der Waals surface area contributed by atoms with Crippen LogP contribution in [-0.4, -0.2) is 58.2 Å². The second-order valence-corrected chi connectivity index (χ2v) is 3.38. The van der Waals surface area contributed by atoms with E-state index in [4.69, 9.17) is 5.11 Å². The van der Waals surface area contributed by atoms with Crippen molar-refractivity contribution < 1.29 is 38.1 Å². The first-order valence-electron chi connectivity index (χ1n) is 4.68. The molecule has 0 rings (SSSR count). The number of nitrogens with zero attached hydrogens (tertiary/aromatic N) is 3. The lowest BCUT2D eigenvalue weighted by molar-refractivity contribution is -0.833. The van der Waals surface area contributed by atoms with E-state index in [9.17, 15) is 39.1 Å². The average Bonchev–Trinajstić information content (AvgIpc) is 2.36. The van der Waals surface area contributed by atoms with Gasteiger partial charge in [0.2, 0.25) is 6.61 Å². The first-order chi connectivity index (χ1) is 9.10. The van der Waals surface area contributed by atoms with Gasteiger partial charge in [0.15, 0.2) is 6.61 Å². The van der Waals surface area contributed by atoms with E-state index in [0.717, 1.165) is 0 Å². The number of aliphatic hydroxyl groups excluding tert-OH is 1. The SMILES string of the molecule is O=[N+]([O-])C(F)(CO)COCOCC(F)([N+](=O)[O-])[N+](=O)[O-]. The van der Waals surface area contributed by atoms with E-state index in [1.165, 1.54) is 0 Å². The molecular weight excluding hydrogens is 296 g/mol. The highest BCUT2D eigenvalue weighted by atomic mass is 19.2. The van der Waals surface area contributed by atoms with Gasteiger partial charge in [-0.2, -0.15) is 4.39 Å². The molecule has 0 aromatic heterocycles. The second-order valence-electron chi connectivity index (χ2n) is 3.38. The van der Waals surface area contributed by atoms with Gasteiger partial charge in [0.05, 0.1) is 4.92 Å². The van der Waals surface area contributed by atoms with Gasteiger partial charge in [-0.25, -0.2) is 0 Å². The first-order valence-corrected chi connectivity index (χ1v) is 4.68. The summed E-state index contributed by atoms with van der Waals surface area (Å²) in [5.41, 5.74) is 0. The summed E-state index contributed by atoms with van der Waals surface area (Å²) < 4.78 is 34.5. The Morgan fingerprint density at radius 2 is 1.40 bits per heavy atom. The molecule has 1 N–H and O–H groups in total. The van der Waals surface area contributed by atoms with Gasteiger partial charge < -0.3 is 14.6 Å². The molecule has 116 valence electrons. The van der Waals surface area contributed by atoms with Crippen LogP contribution in [0.3, 0.4) is 0 Å². The Hall–Kier alpha value is -2.06. The third-order valence-electron chi connectivity index (χ3n) is 1.90. The number of aliphatic hydroxyl groups is 1. The van der Waals surface area contributed by atoms with Gasteiger partial charge in [0.1, 0.15) is 23.2 Å². The quantitative estimate of drug-likeness (QED) is 0.176. The monoisotopic (exact) mass is 305 g/mol. The van der Waals surface area contributed by atoms with Crippen molar-refractivity contribution >= 4 is 0 Å². The topological polar surface area (TPSA) is 168 Å². The predicted molar refractivity (Wildman–Crippen MR) is 52.5 cm³/mol. The number of nitro groups is 3. The van der Waals surface area contributed by atoms with E-state index in [2.05, 4.69) is 9.47 Å². The molecule has 0 heterocycles. The summed E-state index contributed by atoms with van der Waals surface area (Å²) in [5.74, 6) is -7.45. The zero-order chi connectivity index (χ0) is 16.0. The van der Waals surface area contributed by atoms with Gasteiger partial charge in [0.25, 0.3) is 0 Å². The van der Waals surface area contributed by atoms with Gasteiger partial charge in [-0.05, 0) is 0 Å². The highest BCUT2D eigenvalue weighted by Crippen LogP contribution is 2.14. The highest BCUT2D eigenvalue weighted by molar-refractivity contribution is 4.62. The summed E-state index contributed by atoms with van der Waals surface area (Å²) in [6.07, 6.45) is 0. The highest BCUT2D eigenvalue weighted by Gasteiger charge is 2.58. The van der Waals surface area contributed by atoms with Crippen LogP contribution in [0.1, 0.15) is 0 Å². The Morgan fingerprint density at radius 3 is 1.75 bits per heavy atom. The molecule has 0 aliphatic heterocycles. The molecule has 0 amide bonds. The van der Waals surface area contributed by atoms with Crippen LogP contribution in [0.4, 0.5) is 8.78 Å². The maximum absolute atomic E-state index is 13.1. The Labute approximate surface area is 108 Å². The van der Waals surface area contributed by atoms with E-state index < -0.39 is 53.1 Å². The van der Waals surface area contributed by atoms with E-state index in [1.54, 1.807) is 0 Å². The molecule has 0 aromatic carbocycles. The average molecular weight is 305 g/mol. The molecule has 0 saturated heterocycles. The van der Waals surface area contributed by atoms with E-state index in [0.29, 0.717) is 0 Å². The van der Waals surface area contributed by atoms with Crippen molar-refractivity contribution in [2.45, 2.75) is 11.7 Å². The zero-order valence-electron chi connectivity index (χ0n) is 9.64. The van der Waals surface area contributed by atoms with Crippen LogP contribution in [0, 0.1) is 30.3 Å². The van der Waals surface area contributed by atoms with Crippen molar-refractivity contribution in [2.75, 3.05) is 26.6 Å². The van der Waals surface area contributed by atoms with Crippen molar-refractivity contribution in [3.8, 4) is 0 Å². The second kappa shape index (κ2) is 6.92. The van der Waals surface area contributed by atoms with Crippen molar-refractivity contribution in [3.05, 3.63) is 30.3 Å². The van der Waals surface area contributed by atoms with Crippen LogP contribution in [0.5, 0.6) is 0 Å². The van der Waals surface area contributed by atoms with Crippen LogP contribution >= 0.6 is 0 Å². The Kier molecular flexibility index (Phi) is 6.21. The van der Waals surface area contributed by atoms with Crippen molar-refractivity contribution in [2.24, 2.45) is 0 Å². The number of hydrogen-bond acceptors (Lipinski definition) is 9. The summed E-state index contributed by atoms with van der Waals surface area (Å²) >= 11 is 0. The third kappa shape index (κ3) is 4.25. The van der Waals surface area contributed by atoms with Crippen molar-refractivity contribution in [3.63, 3.8) is 0 Å². The molecule has 0 saturated carbocycles. The van der Waals surface area contributed by atoms with Crippen LogP contribution < -0.4 is 0 Å². The summed E-state index contributed by atoms with van der Waals surface area (Å²) in [7, 11) is 0. The molecule has 0 spiro atoms. The molecule has 14 heteroatoms. The number of ether oxygens (including phenoxy) is 2. The van der Waals surface area contributed by atoms with Crippen LogP contribution in [-0.2, 0) is 9.47 Å². The van der Waals surface area contributed by atoms with E-state index >= 15 is 0 Å². The molecular formula is C6H9F2N3O9. The fraction of sp³-hybridized carbons (Fsp3) is 1.00. The minimum Gasteiger partial charge on any atom is -0.386 e. The van der Waals surface area contributed by atoms with Crippen LogP contribution in [0.2, 0.25) is 0 Å². The fourth-order valence-electron chi connectivity index (χ4n) is 0.757. The predicted octanol–water partition coefficient (Wildman–Crippen LogP) is -0.911. The minimum atomic E-state index is -4.11. The zero-order valence-corrected chi connectivity index (χ0v) is 9.64. The summed E-state index contributed by atoms with van der Waals surface area (Å²) in [6, 6.07) is 0. The van der Waals surface area contributed by atoms with Gasteiger partial charge >= 0.3 is 11.7 Å². The lowest BCUT2D eigenvalue weighted by Gasteiger charge is -2.14. The molecule has 0 fully saturated rings. The molecule has 0 aromatic rings. The van der Waals surface area contributed by atoms with Gasteiger partial charge in [-0.3, -0.25) is 30.3 Å². The normalized spacial score (nSPS) is 14.6. The summed E-state index contributed by atoms with van der Waals surface area (Å²) in [5, 5.41) is 38.8. The van der Waals surface area contributed by atoms with Gasteiger partial charge in [0, 0.05) is 0 Å². The molecule has 1 unspecified atom stereocenters. The van der Waals surface area contributed by atoms with Gasteiger partial charge in [-0.1, -0.05) is 4.39 Å². The largest absolute Gasteiger partial charge is 0.637 e. The van der Waals surface area contributed by atoms with Crippen LogP contribution in [0.25, 0.3) is 0 Å². The van der Waals surface area contributed by atoms with E-state index in [1.807, 2.05) is 0 Å². The maximum atomic E-state index is 13.1. The fourth-order valence-corrected chi connectivity index (χ4v) is 0.757. The smallest absolute Gasteiger partial charge is 0.386 e. The Bertz CT molecular complexity index is 380. The van der Waals surface area contributed by atoms with E-state index in [-0.39, 0.29) is 0 Å². The molecule has 0 aliphatic carbocycles. The summed E-state index contributed by atoms with van der Waals surface area (Å²) in [4.78, 5) is 25.2. The first kappa shape index (κ1) is 17.9. The third-order valence-corrected chi connectivity index (χ3v) is 1.90. The molecule has 12 nitrogen and oxygen atoms in total. The Balaban J connectivity index is 4.24. The number of hydrogen-bond donors (Lipinski definition) is 1. The molecule has 0 bridgehead atoms. The Morgan fingerprint density at radius 1 is 0.950 bits per heavy atom. The molecule has 0 radical (unpaired) electrons. The van der Waals surface area contributed by atoms with Crippen LogP contribution in [0.15, 0.2) is 0 Å². The van der Waals surface area contributed by atoms with Gasteiger partial charge in [-0.15, -0.1) is 0 Å². The number of alkyl halides is 2. The summed E-state index contributed by atoms with van der Waals surface area (Å²) in [6.45, 7) is -5.56. The minimum absolute atomic E-state index is 1.09. The lowest BCUT2D eigenvalue weighted by Crippen LogP contribution is -2.46. The number of rotatable bonds is 10. The maximum Gasteiger partial charge on any atom is 0.637 e. The lowest BCUT2D eigenvalue weighted by atomic mass is 10.3. The van der Waals surface area contributed by atoms with Crippen molar-refractivity contribution in [1.29, 1.82) is 0 Å². The molecule has 0 aliphatic rings. The standard InChI is InChI=1S/C6H9F2N3O9/c7-5(1-12,9(13)14)2-19-4-20-3-6(8,10(15)16)11(17)18/h12H,1-4H2. The molecule has 1 atom stereocenters. The number of halogens is 2. The molecule has 20 heavy (non-hydrogen) atoms.